The maximum Gasteiger partial charge on any atom is 0.255 e. The minimum Gasteiger partial charge on any atom is -0.491 e. The molecule has 1 aliphatic rings. The van der Waals surface area contributed by atoms with Crippen molar-refractivity contribution < 1.29 is 14.3 Å². The first-order chi connectivity index (χ1) is 10.8. The summed E-state index contributed by atoms with van der Waals surface area (Å²) in [7, 11) is 0. The molecule has 0 aliphatic carbocycles. The smallest absolute Gasteiger partial charge is 0.255 e. The number of nitrogens with one attached hydrogen (secondary N) is 1. The molecule has 0 unspecified atom stereocenters. The van der Waals surface area contributed by atoms with E-state index in [2.05, 4.69) is 10.3 Å². The highest BCUT2D eigenvalue weighted by Gasteiger charge is 2.16. The lowest BCUT2D eigenvalue weighted by atomic mass is 10.2. The zero-order chi connectivity index (χ0) is 15.2. The number of hydrogen-bond donors (Lipinski definition) is 1. The van der Waals surface area contributed by atoms with Gasteiger partial charge >= 0.3 is 0 Å². The second kappa shape index (κ2) is 7.04. The predicted molar refractivity (Wildman–Crippen MR) is 83.1 cm³/mol. The lowest BCUT2D eigenvalue weighted by molar-refractivity contribution is 0.0679. The van der Waals surface area contributed by atoms with Gasteiger partial charge in [0.05, 0.1) is 18.0 Å². The molecule has 1 saturated heterocycles. The van der Waals surface area contributed by atoms with E-state index in [1.807, 2.05) is 0 Å². The van der Waals surface area contributed by atoms with Crippen LogP contribution in [-0.4, -0.2) is 30.2 Å². The van der Waals surface area contributed by atoms with Gasteiger partial charge in [0.2, 0.25) is 0 Å². The van der Waals surface area contributed by atoms with Crippen LogP contribution in [0.4, 0.5) is 5.69 Å². The first-order valence-electron chi connectivity index (χ1n) is 7.37. The Kier molecular flexibility index (Phi) is 4.65. The number of benzene rings is 1. The number of pyridine rings is 1. The molecule has 1 aromatic heterocycles. The van der Waals surface area contributed by atoms with Crippen LogP contribution in [0.25, 0.3) is 0 Å². The molecule has 22 heavy (non-hydrogen) atoms. The standard InChI is InChI=1S/C17H18N2O3/c20-17(19-14-3-1-9-18-11-14)13-5-7-15(8-6-13)22-12-16-4-2-10-21-16/h1,3,5-9,11,16H,2,4,10,12H2,(H,19,20)/t16-/m1/s1. The summed E-state index contributed by atoms with van der Waals surface area (Å²) < 4.78 is 11.2. The SMILES string of the molecule is O=C(Nc1cccnc1)c1ccc(OC[C@H]2CCCO2)cc1. The molecule has 0 spiro atoms. The number of rotatable bonds is 5. The van der Waals surface area contributed by atoms with Gasteiger partial charge in [0, 0.05) is 18.4 Å². The van der Waals surface area contributed by atoms with Crippen LogP contribution in [0.2, 0.25) is 0 Å². The molecule has 2 heterocycles. The van der Waals surface area contributed by atoms with Crippen molar-refractivity contribution in [1.82, 2.24) is 4.98 Å². The van der Waals surface area contributed by atoms with E-state index in [0.29, 0.717) is 17.9 Å². The summed E-state index contributed by atoms with van der Waals surface area (Å²) in [5.41, 5.74) is 1.25. The lowest BCUT2D eigenvalue weighted by Crippen LogP contribution is -2.16. The maximum atomic E-state index is 12.1. The molecule has 5 heteroatoms. The fraction of sp³-hybridized carbons (Fsp3) is 0.294. The number of nitrogens with zero attached hydrogens (tertiary/aromatic N) is 1. The quantitative estimate of drug-likeness (QED) is 0.922. The van der Waals surface area contributed by atoms with E-state index in [0.717, 1.165) is 25.2 Å². The van der Waals surface area contributed by atoms with Crippen molar-refractivity contribution in [3.05, 3.63) is 54.4 Å². The highest BCUT2D eigenvalue weighted by molar-refractivity contribution is 6.04. The van der Waals surface area contributed by atoms with E-state index < -0.39 is 0 Å². The van der Waals surface area contributed by atoms with E-state index in [9.17, 15) is 4.79 Å². The average molecular weight is 298 g/mol. The van der Waals surface area contributed by atoms with Crippen molar-refractivity contribution >= 4 is 11.6 Å². The zero-order valence-electron chi connectivity index (χ0n) is 12.2. The van der Waals surface area contributed by atoms with Crippen LogP contribution in [0.3, 0.4) is 0 Å². The largest absolute Gasteiger partial charge is 0.491 e. The number of amides is 1. The molecule has 2 aromatic rings. The van der Waals surface area contributed by atoms with Gasteiger partial charge in [-0.25, -0.2) is 0 Å². The van der Waals surface area contributed by atoms with E-state index in [4.69, 9.17) is 9.47 Å². The fourth-order valence-corrected chi connectivity index (χ4v) is 2.31. The summed E-state index contributed by atoms with van der Waals surface area (Å²) in [5, 5.41) is 2.79. The van der Waals surface area contributed by atoms with Crippen LogP contribution in [-0.2, 0) is 4.74 Å². The summed E-state index contributed by atoms with van der Waals surface area (Å²) >= 11 is 0. The van der Waals surface area contributed by atoms with E-state index in [-0.39, 0.29) is 12.0 Å². The maximum absolute atomic E-state index is 12.1. The van der Waals surface area contributed by atoms with Gasteiger partial charge in [-0.05, 0) is 49.2 Å². The summed E-state index contributed by atoms with van der Waals surface area (Å²) in [5.74, 6) is 0.576. The third-order valence-corrected chi connectivity index (χ3v) is 3.50. The van der Waals surface area contributed by atoms with Crippen molar-refractivity contribution in [1.29, 1.82) is 0 Å². The van der Waals surface area contributed by atoms with Crippen LogP contribution in [0.5, 0.6) is 5.75 Å². The van der Waals surface area contributed by atoms with Crippen molar-refractivity contribution in [2.75, 3.05) is 18.5 Å². The summed E-state index contributed by atoms with van der Waals surface area (Å²) in [6.45, 7) is 1.38. The molecule has 114 valence electrons. The van der Waals surface area contributed by atoms with Gasteiger partial charge in [-0.1, -0.05) is 0 Å². The molecule has 1 aromatic carbocycles. The van der Waals surface area contributed by atoms with Gasteiger partial charge in [-0.3, -0.25) is 9.78 Å². The second-order valence-electron chi connectivity index (χ2n) is 5.17. The molecular weight excluding hydrogens is 280 g/mol. The van der Waals surface area contributed by atoms with Crippen LogP contribution < -0.4 is 10.1 Å². The van der Waals surface area contributed by atoms with E-state index in [1.54, 1.807) is 48.8 Å². The Morgan fingerprint density at radius 2 is 2.18 bits per heavy atom. The average Bonchev–Trinajstić information content (AvgIpc) is 3.08. The van der Waals surface area contributed by atoms with Crippen LogP contribution in [0.1, 0.15) is 23.2 Å². The number of aromatic nitrogens is 1. The Balaban J connectivity index is 1.55. The molecule has 0 bridgehead atoms. The van der Waals surface area contributed by atoms with Gasteiger partial charge in [0.25, 0.3) is 5.91 Å². The van der Waals surface area contributed by atoms with Crippen LogP contribution in [0.15, 0.2) is 48.8 Å². The van der Waals surface area contributed by atoms with Crippen molar-refractivity contribution in [3.63, 3.8) is 0 Å². The Labute approximate surface area is 129 Å². The van der Waals surface area contributed by atoms with Gasteiger partial charge in [0.1, 0.15) is 12.4 Å². The molecule has 0 radical (unpaired) electrons. The lowest BCUT2D eigenvalue weighted by Gasteiger charge is -2.11. The van der Waals surface area contributed by atoms with Crippen molar-refractivity contribution in [3.8, 4) is 5.75 Å². The van der Waals surface area contributed by atoms with Gasteiger partial charge in [-0.2, -0.15) is 0 Å². The number of carbonyl (C=O) groups excluding carboxylic acids is 1. The third-order valence-electron chi connectivity index (χ3n) is 3.50. The molecule has 1 N–H and O–H groups in total. The number of ether oxygens (including phenoxy) is 2. The Hall–Kier alpha value is -2.40. The van der Waals surface area contributed by atoms with Crippen molar-refractivity contribution in [2.24, 2.45) is 0 Å². The highest BCUT2D eigenvalue weighted by atomic mass is 16.5. The Morgan fingerprint density at radius 1 is 1.32 bits per heavy atom. The number of anilines is 1. The molecule has 3 rings (SSSR count). The summed E-state index contributed by atoms with van der Waals surface area (Å²) in [6, 6.07) is 10.7. The third kappa shape index (κ3) is 3.83. The van der Waals surface area contributed by atoms with Gasteiger partial charge < -0.3 is 14.8 Å². The first kappa shape index (κ1) is 14.5. The molecular formula is C17H18N2O3. The number of carbonyl (C=O) groups is 1. The summed E-state index contributed by atoms with van der Waals surface area (Å²) in [4.78, 5) is 16.1. The molecule has 1 atom stereocenters. The first-order valence-corrected chi connectivity index (χ1v) is 7.37. The summed E-state index contributed by atoms with van der Waals surface area (Å²) in [6.07, 6.45) is 5.61. The minimum absolute atomic E-state index is 0.168. The van der Waals surface area contributed by atoms with Crippen LogP contribution in [0, 0.1) is 0 Å². The topological polar surface area (TPSA) is 60.5 Å². The van der Waals surface area contributed by atoms with E-state index >= 15 is 0 Å². The van der Waals surface area contributed by atoms with Crippen LogP contribution >= 0.6 is 0 Å². The van der Waals surface area contributed by atoms with Crippen molar-refractivity contribution in [2.45, 2.75) is 18.9 Å². The van der Waals surface area contributed by atoms with Gasteiger partial charge in [0.15, 0.2) is 0 Å². The Bertz CT molecular complexity index is 608. The minimum atomic E-state index is -0.168. The monoisotopic (exact) mass is 298 g/mol. The molecule has 5 nitrogen and oxygen atoms in total. The molecule has 1 aliphatic heterocycles. The van der Waals surface area contributed by atoms with Gasteiger partial charge in [-0.15, -0.1) is 0 Å². The zero-order valence-corrected chi connectivity index (χ0v) is 12.2. The Morgan fingerprint density at radius 3 is 2.86 bits per heavy atom. The molecule has 1 amide bonds. The molecule has 1 fully saturated rings. The normalized spacial score (nSPS) is 17.2. The van der Waals surface area contributed by atoms with E-state index in [1.165, 1.54) is 0 Å². The molecule has 0 saturated carbocycles. The number of hydrogen-bond acceptors (Lipinski definition) is 4. The highest BCUT2D eigenvalue weighted by Crippen LogP contribution is 2.17. The fourth-order valence-electron chi connectivity index (χ4n) is 2.31. The predicted octanol–water partition coefficient (Wildman–Crippen LogP) is 2.89. The second-order valence-corrected chi connectivity index (χ2v) is 5.17.